The maximum absolute atomic E-state index is 12.5. The second-order valence-electron chi connectivity index (χ2n) is 7.30. The van der Waals surface area contributed by atoms with Crippen LogP contribution in [-0.2, 0) is 15.4 Å². The van der Waals surface area contributed by atoms with Gasteiger partial charge in [-0.15, -0.1) is 6.58 Å². The van der Waals surface area contributed by atoms with Crippen LogP contribution >= 0.6 is 0 Å². The maximum atomic E-state index is 12.5. The molecule has 2 N–H and O–H groups in total. The molecule has 0 saturated carbocycles. The van der Waals surface area contributed by atoms with Crippen LogP contribution in [0.3, 0.4) is 0 Å². The van der Waals surface area contributed by atoms with Gasteiger partial charge in [0.2, 0.25) is 16.8 Å². The highest BCUT2D eigenvalue weighted by Gasteiger charge is 2.25. The summed E-state index contributed by atoms with van der Waals surface area (Å²) in [6.45, 7) is 8.27. The van der Waals surface area contributed by atoms with Crippen LogP contribution in [0.5, 0.6) is 11.5 Å². The smallest absolute Gasteiger partial charge is 0.251 e. The van der Waals surface area contributed by atoms with Crippen molar-refractivity contribution in [3.63, 3.8) is 0 Å². The third-order valence-electron chi connectivity index (χ3n) is 4.69. The lowest BCUT2D eigenvalue weighted by Crippen LogP contribution is -2.36. The first-order valence-corrected chi connectivity index (χ1v) is 10.6. The summed E-state index contributed by atoms with van der Waals surface area (Å²) >= 11 is 0. The average Bonchev–Trinajstić information content (AvgIpc) is 3.18. The van der Waals surface area contributed by atoms with Crippen molar-refractivity contribution in [2.75, 3.05) is 19.9 Å². The fourth-order valence-corrected chi connectivity index (χ4v) is 3.86. The van der Waals surface area contributed by atoms with E-state index in [0.29, 0.717) is 23.6 Å². The van der Waals surface area contributed by atoms with Gasteiger partial charge in [-0.2, -0.15) is 0 Å². The van der Waals surface area contributed by atoms with Crippen LogP contribution in [0.1, 0.15) is 29.8 Å². The van der Waals surface area contributed by atoms with Crippen LogP contribution in [0.25, 0.3) is 0 Å². The molecule has 3 rings (SSSR count). The van der Waals surface area contributed by atoms with Crippen LogP contribution in [0, 0.1) is 0 Å². The first-order chi connectivity index (χ1) is 13.7. The van der Waals surface area contributed by atoms with E-state index in [4.69, 9.17) is 9.47 Å². The number of nitrogens with one attached hydrogen (secondary N) is 2. The zero-order chi connectivity index (χ0) is 21.1. The summed E-state index contributed by atoms with van der Waals surface area (Å²) in [6.07, 6.45) is 1.46. The number of ether oxygens (including phenoxy) is 2. The van der Waals surface area contributed by atoms with Gasteiger partial charge in [0.25, 0.3) is 5.91 Å². The van der Waals surface area contributed by atoms with E-state index in [0.717, 1.165) is 5.56 Å². The van der Waals surface area contributed by atoms with Crippen LogP contribution in [-0.4, -0.2) is 34.2 Å². The Hall–Kier alpha value is -2.84. The van der Waals surface area contributed by atoms with Gasteiger partial charge in [0, 0.05) is 24.1 Å². The number of amides is 1. The van der Waals surface area contributed by atoms with Crippen molar-refractivity contribution in [3.05, 3.63) is 66.2 Å². The monoisotopic (exact) mass is 416 g/mol. The minimum Gasteiger partial charge on any atom is -0.454 e. The van der Waals surface area contributed by atoms with Crippen molar-refractivity contribution in [1.29, 1.82) is 0 Å². The molecule has 29 heavy (non-hydrogen) atoms. The van der Waals surface area contributed by atoms with Gasteiger partial charge in [-0.05, 0) is 42.0 Å². The molecule has 2 aromatic carbocycles. The third-order valence-corrected chi connectivity index (χ3v) is 6.13. The molecule has 0 radical (unpaired) electrons. The van der Waals surface area contributed by atoms with E-state index < -0.39 is 10.0 Å². The van der Waals surface area contributed by atoms with E-state index in [1.165, 1.54) is 30.3 Å². The molecule has 0 saturated heterocycles. The highest BCUT2D eigenvalue weighted by molar-refractivity contribution is 7.89. The molecule has 0 unspecified atom stereocenters. The Bertz CT molecular complexity index is 1010. The second-order valence-corrected chi connectivity index (χ2v) is 9.07. The Kier molecular flexibility index (Phi) is 5.95. The van der Waals surface area contributed by atoms with E-state index >= 15 is 0 Å². The fourth-order valence-electron chi connectivity index (χ4n) is 2.86. The average molecular weight is 416 g/mol. The fraction of sp³-hybridized carbons (Fsp3) is 0.286. The van der Waals surface area contributed by atoms with Crippen LogP contribution in [0.15, 0.2) is 60.0 Å². The number of benzene rings is 2. The number of carbonyl (C=O) groups excluding carboxylic acids is 1. The molecule has 0 aliphatic carbocycles. The standard InChI is InChI=1S/C21H24N2O5S/c1-4-11-23-29(25,26)17-8-5-15(6-9-17)20(24)22-13-21(2,3)16-7-10-18-19(12-16)28-14-27-18/h4-10,12,23H,1,11,13-14H2,2-3H3,(H,22,24). The molecule has 0 spiro atoms. The van der Waals surface area contributed by atoms with Crippen LogP contribution < -0.4 is 19.5 Å². The summed E-state index contributed by atoms with van der Waals surface area (Å²) < 4.78 is 37.3. The summed E-state index contributed by atoms with van der Waals surface area (Å²) in [5.41, 5.74) is 1.06. The minimum atomic E-state index is -3.62. The molecule has 0 fully saturated rings. The number of hydrogen-bond acceptors (Lipinski definition) is 5. The lowest BCUT2D eigenvalue weighted by atomic mass is 9.84. The lowest BCUT2D eigenvalue weighted by molar-refractivity contribution is 0.0945. The number of carbonyl (C=O) groups is 1. The Labute approximate surface area is 170 Å². The molecule has 0 atom stereocenters. The topological polar surface area (TPSA) is 93.7 Å². The van der Waals surface area contributed by atoms with E-state index in [1.807, 2.05) is 32.0 Å². The first kappa shape index (κ1) is 20.9. The Morgan fingerprint density at radius 3 is 2.52 bits per heavy atom. The van der Waals surface area contributed by atoms with Crippen molar-refractivity contribution >= 4 is 15.9 Å². The van der Waals surface area contributed by atoms with Gasteiger partial charge in [0.15, 0.2) is 11.5 Å². The van der Waals surface area contributed by atoms with Gasteiger partial charge in [-0.3, -0.25) is 4.79 Å². The largest absolute Gasteiger partial charge is 0.454 e. The first-order valence-electron chi connectivity index (χ1n) is 9.12. The third kappa shape index (κ3) is 4.78. The molecule has 1 heterocycles. The van der Waals surface area contributed by atoms with Crippen molar-refractivity contribution < 1.29 is 22.7 Å². The summed E-state index contributed by atoms with van der Waals surface area (Å²) in [5.74, 6) is 1.14. The predicted molar refractivity (Wildman–Crippen MR) is 110 cm³/mol. The van der Waals surface area contributed by atoms with Gasteiger partial charge in [-0.25, -0.2) is 13.1 Å². The van der Waals surface area contributed by atoms with Gasteiger partial charge in [0.1, 0.15) is 0 Å². The lowest BCUT2D eigenvalue weighted by Gasteiger charge is -2.26. The molecule has 154 valence electrons. The maximum Gasteiger partial charge on any atom is 0.251 e. The Balaban J connectivity index is 1.65. The number of sulfonamides is 1. The molecule has 1 amide bonds. The molecule has 1 aliphatic rings. The number of hydrogen-bond donors (Lipinski definition) is 2. The van der Waals surface area contributed by atoms with Crippen LogP contribution in [0.4, 0.5) is 0 Å². The zero-order valence-electron chi connectivity index (χ0n) is 16.4. The second kappa shape index (κ2) is 8.26. The summed E-state index contributed by atoms with van der Waals surface area (Å²) in [7, 11) is -3.62. The van der Waals surface area contributed by atoms with Crippen molar-refractivity contribution in [2.45, 2.75) is 24.2 Å². The molecule has 0 bridgehead atoms. The van der Waals surface area contributed by atoms with Gasteiger partial charge < -0.3 is 14.8 Å². The highest BCUT2D eigenvalue weighted by Crippen LogP contribution is 2.36. The Morgan fingerprint density at radius 1 is 1.14 bits per heavy atom. The molecular weight excluding hydrogens is 392 g/mol. The number of rotatable bonds is 8. The number of fused-ring (bicyclic) bond motifs is 1. The van der Waals surface area contributed by atoms with E-state index in [2.05, 4.69) is 16.6 Å². The normalized spacial score (nSPS) is 13.2. The van der Waals surface area contributed by atoms with E-state index in [-0.39, 0.29) is 29.6 Å². The summed E-state index contributed by atoms with van der Waals surface area (Å²) in [5, 5.41) is 2.91. The zero-order valence-corrected chi connectivity index (χ0v) is 17.2. The quantitative estimate of drug-likeness (QED) is 0.645. The molecule has 8 heteroatoms. The molecule has 0 aromatic heterocycles. The van der Waals surface area contributed by atoms with Gasteiger partial charge >= 0.3 is 0 Å². The Morgan fingerprint density at radius 2 is 1.83 bits per heavy atom. The molecular formula is C21H24N2O5S. The van der Waals surface area contributed by atoms with Crippen LogP contribution in [0.2, 0.25) is 0 Å². The SMILES string of the molecule is C=CCNS(=O)(=O)c1ccc(C(=O)NCC(C)(C)c2ccc3c(c2)OCO3)cc1. The molecule has 7 nitrogen and oxygen atoms in total. The molecule has 2 aromatic rings. The van der Waals surface area contributed by atoms with Gasteiger partial charge in [0.05, 0.1) is 4.90 Å². The summed E-state index contributed by atoms with van der Waals surface area (Å²) in [6, 6.07) is 11.5. The van der Waals surface area contributed by atoms with Crippen molar-refractivity contribution in [2.24, 2.45) is 0 Å². The highest BCUT2D eigenvalue weighted by atomic mass is 32.2. The van der Waals surface area contributed by atoms with E-state index in [9.17, 15) is 13.2 Å². The molecule has 1 aliphatic heterocycles. The van der Waals surface area contributed by atoms with Crippen molar-refractivity contribution in [3.8, 4) is 11.5 Å². The minimum absolute atomic E-state index is 0.0941. The van der Waals surface area contributed by atoms with Gasteiger partial charge in [-0.1, -0.05) is 26.0 Å². The van der Waals surface area contributed by atoms with E-state index in [1.54, 1.807) is 0 Å². The van der Waals surface area contributed by atoms with Crippen molar-refractivity contribution in [1.82, 2.24) is 10.0 Å². The summed E-state index contributed by atoms with van der Waals surface area (Å²) in [4.78, 5) is 12.6. The predicted octanol–water partition coefficient (Wildman–Crippen LogP) is 2.59.